The Hall–Kier alpha value is -1.82. The summed E-state index contributed by atoms with van der Waals surface area (Å²) in [5, 5.41) is 8.84. The van der Waals surface area contributed by atoms with Gasteiger partial charge in [0.2, 0.25) is 0 Å². The van der Waals surface area contributed by atoms with E-state index >= 15 is 0 Å². The van der Waals surface area contributed by atoms with E-state index in [0.29, 0.717) is 11.3 Å². The van der Waals surface area contributed by atoms with Gasteiger partial charge in [0.1, 0.15) is 5.75 Å². The van der Waals surface area contributed by atoms with Crippen LogP contribution in [0, 0.1) is 35.0 Å². The second-order valence-electron chi connectivity index (χ2n) is 9.03. The minimum absolute atomic E-state index is 0.0383. The average Bonchev–Trinajstić information content (AvgIpc) is 2.74. The fourth-order valence-electron chi connectivity index (χ4n) is 5.17. The van der Waals surface area contributed by atoms with E-state index < -0.39 is 0 Å². The fraction of sp³-hybridized carbons (Fsp3) is 0.680. The highest BCUT2D eigenvalue weighted by molar-refractivity contribution is 5.75. The molecule has 3 nitrogen and oxygen atoms in total. The molecule has 0 amide bonds. The molecular weight excluding hydrogens is 346 g/mol. The molecule has 0 radical (unpaired) electrons. The van der Waals surface area contributed by atoms with Crippen molar-refractivity contribution in [2.75, 3.05) is 0 Å². The maximum absolute atomic E-state index is 12.4. The van der Waals surface area contributed by atoms with Crippen LogP contribution in [0.15, 0.2) is 24.3 Å². The van der Waals surface area contributed by atoms with Crippen molar-refractivity contribution in [1.82, 2.24) is 0 Å². The van der Waals surface area contributed by atoms with Gasteiger partial charge in [-0.15, -0.1) is 0 Å². The number of nitrogens with zero attached hydrogens (tertiary/aromatic N) is 1. The molecule has 3 rings (SSSR count). The second kappa shape index (κ2) is 10.6. The average molecular weight is 382 g/mol. The van der Waals surface area contributed by atoms with Crippen molar-refractivity contribution in [1.29, 1.82) is 5.26 Å². The van der Waals surface area contributed by atoms with E-state index in [1.165, 1.54) is 51.4 Å². The number of hydrogen-bond acceptors (Lipinski definition) is 3. The molecule has 0 spiro atoms. The Bertz CT molecular complexity index is 644. The first-order valence-corrected chi connectivity index (χ1v) is 11.4. The smallest absolute Gasteiger partial charge is 0.314 e. The number of rotatable bonds is 7. The van der Waals surface area contributed by atoms with Crippen LogP contribution in [0.3, 0.4) is 0 Å². The van der Waals surface area contributed by atoms with E-state index in [9.17, 15) is 4.79 Å². The lowest BCUT2D eigenvalue weighted by molar-refractivity contribution is -0.140. The lowest BCUT2D eigenvalue weighted by atomic mass is 9.75. The van der Waals surface area contributed by atoms with Crippen molar-refractivity contribution in [2.24, 2.45) is 23.7 Å². The third-order valence-electron chi connectivity index (χ3n) is 7.03. The molecule has 2 aliphatic rings. The first kappa shape index (κ1) is 20.9. The minimum atomic E-state index is -0.0996. The number of hydrogen-bond donors (Lipinski definition) is 0. The predicted molar refractivity (Wildman–Crippen MR) is 112 cm³/mol. The number of esters is 1. The second-order valence-corrected chi connectivity index (χ2v) is 9.03. The lowest BCUT2D eigenvalue weighted by Gasteiger charge is -2.31. The maximum atomic E-state index is 12.4. The van der Waals surface area contributed by atoms with Crippen LogP contribution in [0.5, 0.6) is 5.75 Å². The van der Waals surface area contributed by atoms with Crippen molar-refractivity contribution >= 4 is 5.97 Å². The highest BCUT2D eigenvalue weighted by Crippen LogP contribution is 2.37. The molecule has 28 heavy (non-hydrogen) atoms. The van der Waals surface area contributed by atoms with Gasteiger partial charge in [-0.25, -0.2) is 0 Å². The molecule has 2 saturated carbocycles. The van der Waals surface area contributed by atoms with Crippen molar-refractivity contribution in [3.63, 3.8) is 0 Å². The lowest BCUT2D eigenvalue weighted by Crippen LogP contribution is -2.26. The summed E-state index contributed by atoms with van der Waals surface area (Å²) in [5.41, 5.74) is 0.583. The zero-order chi connectivity index (χ0) is 19.8. The molecule has 0 N–H and O–H groups in total. The van der Waals surface area contributed by atoms with Gasteiger partial charge in [-0.2, -0.15) is 5.26 Å². The normalized spacial score (nSPS) is 27.7. The third kappa shape index (κ3) is 6.09. The van der Waals surface area contributed by atoms with Crippen LogP contribution in [-0.4, -0.2) is 5.97 Å². The number of benzene rings is 1. The first-order valence-electron chi connectivity index (χ1n) is 11.4. The molecule has 3 heteroatoms. The van der Waals surface area contributed by atoms with Crippen molar-refractivity contribution in [2.45, 2.75) is 84.0 Å². The van der Waals surface area contributed by atoms with Gasteiger partial charge in [-0.3, -0.25) is 4.79 Å². The van der Waals surface area contributed by atoms with Gasteiger partial charge in [0.25, 0.3) is 0 Å². The molecule has 2 aliphatic carbocycles. The first-order chi connectivity index (χ1) is 13.7. The molecule has 0 atom stereocenters. The Morgan fingerprint density at radius 3 is 1.89 bits per heavy atom. The molecule has 152 valence electrons. The van der Waals surface area contributed by atoms with Gasteiger partial charge >= 0.3 is 5.97 Å². The zero-order valence-electron chi connectivity index (χ0n) is 17.4. The number of carbonyl (C=O) groups is 1. The Labute approximate surface area is 170 Å². The zero-order valence-corrected chi connectivity index (χ0v) is 17.4. The molecule has 0 unspecified atom stereocenters. The summed E-state index contributed by atoms with van der Waals surface area (Å²) in [4.78, 5) is 12.4. The number of carbonyl (C=O) groups excluding carboxylic acids is 1. The van der Waals surface area contributed by atoms with Crippen LogP contribution in [0.25, 0.3) is 0 Å². The summed E-state index contributed by atoms with van der Waals surface area (Å²) >= 11 is 0. The van der Waals surface area contributed by atoms with Crippen LogP contribution in [0.1, 0.15) is 89.5 Å². The molecule has 0 aliphatic heterocycles. The summed E-state index contributed by atoms with van der Waals surface area (Å²) in [5.74, 6) is 3.23. The molecule has 2 fully saturated rings. The van der Waals surface area contributed by atoms with Gasteiger partial charge in [-0.1, -0.05) is 58.3 Å². The van der Waals surface area contributed by atoms with E-state index in [4.69, 9.17) is 10.00 Å². The van der Waals surface area contributed by atoms with Crippen molar-refractivity contribution in [3.05, 3.63) is 29.8 Å². The number of ether oxygens (including phenoxy) is 1. The monoisotopic (exact) mass is 381 g/mol. The van der Waals surface area contributed by atoms with E-state index in [1.54, 1.807) is 24.3 Å². The Morgan fingerprint density at radius 2 is 1.39 bits per heavy atom. The highest BCUT2D eigenvalue weighted by atomic mass is 16.5. The van der Waals surface area contributed by atoms with Crippen LogP contribution in [-0.2, 0) is 4.79 Å². The molecule has 0 aromatic heterocycles. The van der Waals surface area contributed by atoms with Crippen LogP contribution < -0.4 is 4.74 Å². The van der Waals surface area contributed by atoms with Gasteiger partial charge in [0, 0.05) is 0 Å². The van der Waals surface area contributed by atoms with Gasteiger partial charge in [0.15, 0.2) is 0 Å². The molecule has 0 bridgehead atoms. The van der Waals surface area contributed by atoms with Crippen molar-refractivity contribution in [3.8, 4) is 11.8 Å². The summed E-state index contributed by atoms with van der Waals surface area (Å²) < 4.78 is 5.53. The molecule has 1 aromatic rings. The standard InChI is InChI=1S/C25H35NO2/c1-2-3-19-4-6-20(7-5-19)8-9-21-10-14-23(15-11-21)25(27)28-24-16-12-22(18-26)13-17-24/h12-13,16-17,19-21,23H,2-11,14-15H2,1H3. The molecule has 0 saturated heterocycles. The molecule has 0 heterocycles. The highest BCUT2D eigenvalue weighted by Gasteiger charge is 2.28. The Kier molecular flexibility index (Phi) is 7.95. The Balaban J connectivity index is 1.34. The maximum Gasteiger partial charge on any atom is 0.314 e. The Morgan fingerprint density at radius 1 is 0.893 bits per heavy atom. The van der Waals surface area contributed by atoms with E-state index in [1.807, 2.05) is 0 Å². The SMILES string of the molecule is CCCC1CCC(CCC2CCC(C(=O)Oc3ccc(C#N)cc3)CC2)CC1. The van der Waals surface area contributed by atoms with Crippen LogP contribution >= 0.6 is 0 Å². The van der Waals surface area contributed by atoms with Crippen LogP contribution in [0.4, 0.5) is 0 Å². The summed E-state index contributed by atoms with van der Waals surface area (Å²) in [7, 11) is 0. The molecular formula is C25H35NO2. The van der Waals surface area contributed by atoms with E-state index in [0.717, 1.165) is 43.4 Å². The van der Waals surface area contributed by atoms with Gasteiger partial charge in [0.05, 0.1) is 17.6 Å². The summed E-state index contributed by atoms with van der Waals surface area (Å²) in [6.45, 7) is 2.31. The van der Waals surface area contributed by atoms with Crippen molar-refractivity contribution < 1.29 is 9.53 Å². The minimum Gasteiger partial charge on any atom is -0.426 e. The quantitative estimate of drug-likeness (QED) is 0.392. The van der Waals surface area contributed by atoms with Crippen LogP contribution in [0.2, 0.25) is 0 Å². The van der Waals surface area contributed by atoms with E-state index in [-0.39, 0.29) is 11.9 Å². The topological polar surface area (TPSA) is 50.1 Å². The van der Waals surface area contributed by atoms with E-state index in [2.05, 4.69) is 13.0 Å². The van der Waals surface area contributed by atoms with Gasteiger partial charge in [-0.05, 0) is 67.7 Å². The fourth-order valence-corrected chi connectivity index (χ4v) is 5.17. The number of nitriles is 1. The third-order valence-corrected chi connectivity index (χ3v) is 7.03. The molecule has 1 aromatic carbocycles. The van der Waals surface area contributed by atoms with Gasteiger partial charge < -0.3 is 4.74 Å². The summed E-state index contributed by atoms with van der Waals surface area (Å²) in [6, 6.07) is 8.87. The predicted octanol–water partition coefficient (Wildman–Crippen LogP) is 6.66. The largest absolute Gasteiger partial charge is 0.426 e. The summed E-state index contributed by atoms with van der Waals surface area (Å²) in [6.07, 6.45) is 15.5.